The average molecular weight is 225 g/mol. The molecule has 0 radical (unpaired) electrons. The second-order valence-corrected chi connectivity index (χ2v) is 3.86. The Balaban J connectivity index is 2.92. The highest BCUT2D eigenvalue weighted by molar-refractivity contribution is 9.10. The maximum Gasteiger partial charge on any atom is 0.0955 e. The molecule has 0 aliphatic carbocycles. The third-order valence-corrected chi connectivity index (χ3v) is 2.44. The second kappa shape index (κ2) is 2.59. The molecular formula is C9H9BrN2. The van der Waals surface area contributed by atoms with Crippen LogP contribution in [-0.2, 0) is 7.05 Å². The monoisotopic (exact) mass is 224 g/mol. The zero-order valence-electron chi connectivity index (χ0n) is 7.00. The van der Waals surface area contributed by atoms with Gasteiger partial charge in [0.2, 0.25) is 0 Å². The van der Waals surface area contributed by atoms with Gasteiger partial charge in [0.1, 0.15) is 0 Å². The van der Waals surface area contributed by atoms with Crippen LogP contribution in [0.25, 0.3) is 11.0 Å². The van der Waals surface area contributed by atoms with E-state index < -0.39 is 0 Å². The Labute approximate surface area is 79.3 Å². The Morgan fingerprint density at radius 2 is 2.17 bits per heavy atom. The Morgan fingerprint density at radius 1 is 1.42 bits per heavy atom. The Kier molecular flexibility index (Phi) is 1.68. The lowest BCUT2D eigenvalue weighted by molar-refractivity contribution is 0.947. The second-order valence-electron chi connectivity index (χ2n) is 2.95. The lowest BCUT2D eigenvalue weighted by atomic mass is 10.2. The van der Waals surface area contributed by atoms with Gasteiger partial charge in [-0.3, -0.25) is 0 Å². The molecule has 0 saturated heterocycles. The van der Waals surface area contributed by atoms with E-state index in [-0.39, 0.29) is 0 Å². The number of aryl methyl sites for hydroxylation is 2. The highest BCUT2D eigenvalue weighted by Crippen LogP contribution is 2.21. The predicted molar refractivity (Wildman–Crippen MR) is 53.2 cm³/mol. The van der Waals surface area contributed by atoms with Crippen molar-refractivity contribution in [3.05, 3.63) is 28.5 Å². The van der Waals surface area contributed by atoms with Crippen molar-refractivity contribution < 1.29 is 0 Å². The van der Waals surface area contributed by atoms with Gasteiger partial charge in [0.25, 0.3) is 0 Å². The van der Waals surface area contributed by atoms with Crippen molar-refractivity contribution in [1.29, 1.82) is 0 Å². The highest BCUT2D eigenvalue weighted by Gasteiger charge is 2.03. The van der Waals surface area contributed by atoms with Crippen molar-refractivity contribution in [3.63, 3.8) is 0 Å². The molecule has 0 aliphatic rings. The number of nitrogens with zero attached hydrogens (tertiary/aromatic N) is 2. The van der Waals surface area contributed by atoms with E-state index in [1.54, 1.807) is 0 Å². The van der Waals surface area contributed by atoms with Gasteiger partial charge in [-0.1, -0.05) is 15.9 Å². The predicted octanol–water partition coefficient (Wildman–Crippen LogP) is 2.64. The molecule has 0 saturated carbocycles. The fraction of sp³-hybridized carbons (Fsp3) is 0.222. The van der Waals surface area contributed by atoms with Crippen molar-refractivity contribution in [2.75, 3.05) is 0 Å². The first-order valence-electron chi connectivity index (χ1n) is 3.75. The summed E-state index contributed by atoms with van der Waals surface area (Å²) in [7, 11) is 2.00. The molecule has 2 aromatic rings. The number of fused-ring (bicyclic) bond motifs is 1. The number of halogens is 1. The van der Waals surface area contributed by atoms with Crippen LogP contribution in [0.15, 0.2) is 22.9 Å². The van der Waals surface area contributed by atoms with Crippen LogP contribution in [0.2, 0.25) is 0 Å². The van der Waals surface area contributed by atoms with Gasteiger partial charge in [0.05, 0.1) is 17.4 Å². The van der Waals surface area contributed by atoms with E-state index in [9.17, 15) is 0 Å². The molecule has 0 unspecified atom stereocenters. The van der Waals surface area contributed by atoms with Gasteiger partial charge in [-0.25, -0.2) is 4.98 Å². The summed E-state index contributed by atoms with van der Waals surface area (Å²) >= 11 is 3.46. The minimum absolute atomic E-state index is 1.08. The number of hydrogen-bond donors (Lipinski definition) is 0. The molecule has 0 fully saturated rings. The quantitative estimate of drug-likeness (QED) is 0.673. The lowest BCUT2D eigenvalue weighted by Gasteiger charge is -1.98. The molecule has 0 spiro atoms. The van der Waals surface area contributed by atoms with Crippen LogP contribution in [0.5, 0.6) is 0 Å². The number of imidazole rings is 1. The molecule has 2 nitrogen and oxygen atoms in total. The Hall–Kier alpha value is -0.830. The summed E-state index contributed by atoms with van der Waals surface area (Å²) in [6.07, 6.45) is 1.84. The van der Waals surface area contributed by atoms with Crippen LogP contribution in [0, 0.1) is 6.92 Å². The summed E-state index contributed by atoms with van der Waals surface area (Å²) in [4.78, 5) is 4.30. The topological polar surface area (TPSA) is 17.8 Å². The van der Waals surface area contributed by atoms with Crippen molar-refractivity contribution in [2.45, 2.75) is 6.92 Å². The van der Waals surface area contributed by atoms with Gasteiger partial charge in [0.15, 0.2) is 0 Å². The summed E-state index contributed by atoms with van der Waals surface area (Å²) in [6, 6.07) is 4.16. The maximum absolute atomic E-state index is 4.30. The van der Waals surface area contributed by atoms with E-state index in [0.29, 0.717) is 0 Å². The van der Waals surface area contributed by atoms with Crippen molar-refractivity contribution in [3.8, 4) is 0 Å². The molecule has 1 heterocycles. The van der Waals surface area contributed by atoms with Crippen LogP contribution >= 0.6 is 15.9 Å². The van der Waals surface area contributed by atoms with Crippen molar-refractivity contribution >= 4 is 27.0 Å². The van der Waals surface area contributed by atoms with Crippen LogP contribution in [0.4, 0.5) is 0 Å². The number of benzene rings is 1. The van der Waals surface area contributed by atoms with E-state index in [2.05, 4.69) is 40.0 Å². The minimum Gasteiger partial charge on any atom is -0.334 e. The SMILES string of the molecule is Cc1cc(Br)cc2c1ncn2C. The minimum atomic E-state index is 1.08. The Bertz CT molecular complexity index is 431. The molecule has 1 aromatic carbocycles. The Morgan fingerprint density at radius 3 is 2.92 bits per heavy atom. The molecule has 1 aromatic heterocycles. The van der Waals surface area contributed by atoms with Crippen molar-refractivity contribution in [2.24, 2.45) is 7.05 Å². The summed E-state index contributed by atoms with van der Waals surface area (Å²) in [5, 5.41) is 0. The van der Waals surface area contributed by atoms with E-state index in [1.165, 1.54) is 11.1 Å². The third-order valence-electron chi connectivity index (χ3n) is 1.99. The average Bonchev–Trinajstić information content (AvgIpc) is 2.33. The normalized spacial score (nSPS) is 10.9. The molecule has 2 rings (SSSR count). The summed E-state index contributed by atoms with van der Waals surface area (Å²) in [6.45, 7) is 2.07. The van der Waals surface area contributed by atoms with Crippen LogP contribution in [-0.4, -0.2) is 9.55 Å². The molecule has 12 heavy (non-hydrogen) atoms. The van der Waals surface area contributed by atoms with Gasteiger partial charge >= 0.3 is 0 Å². The highest BCUT2D eigenvalue weighted by atomic mass is 79.9. The summed E-state index contributed by atoms with van der Waals surface area (Å²) in [5.74, 6) is 0. The molecule has 62 valence electrons. The van der Waals surface area contributed by atoms with Crippen LogP contribution < -0.4 is 0 Å². The molecule has 0 N–H and O–H groups in total. The standard InChI is InChI=1S/C9H9BrN2/c1-6-3-7(10)4-8-9(6)11-5-12(8)2/h3-5H,1-2H3. The smallest absolute Gasteiger partial charge is 0.0955 e. The summed E-state index contributed by atoms with van der Waals surface area (Å²) < 4.78 is 3.13. The number of rotatable bonds is 0. The fourth-order valence-corrected chi connectivity index (χ4v) is 1.92. The van der Waals surface area contributed by atoms with E-state index >= 15 is 0 Å². The molecular weight excluding hydrogens is 216 g/mol. The van der Waals surface area contributed by atoms with Crippen LogP contribution in [0.3, 0.4) is 0 Å². The molecule has 0 bridgehead atoms. The van der Waals surface area contributed by atoms with Crippen molar-refractivity contribution in [1.82, 2.24) is 9.55 Å². The number of aromatic nitrogens is 2. The van der Waals surface area contributed by atoms with Gasteiger partial charge in [0, 0.05) is 11.5 Å². The van der Waals surface area contributed by atoms with E-state index in [1.807, 2.05) is 17.9 Å². The van der Waals surface area contributed by atoms with Gasteiger partial charge in [-0.15, -0.1) is 0 Å². The lowest BCUT2D eigenvalue weighted by Crippen LogP contribution is -1.84. The van der Waals surface area contributed by atoms with Gasteiger partial charge in [-0.2, -0.15) is 0 Å². The first-order chi connectivity index (χ1) is 5.68. The van der Waals surface area contributed by atoms with Gasteiger partial charge in [-0.05, 0) is 24.6 Å². The first-order valence-corrected chi connectivity index (χ1v) is 4.55. The van der Waals surface area contributed by atoms with E-state index in [4.69, 9.17) is 0 Å². The summed E-state index contributed by atoms with van der Waals surface area (Å²) in [5.41, 5.74) is 3.46. The van der Waals surface area contributed by atoms with E-state index in [0.717, 1.165) is 9.99 Å². The van der Waals surface area contributed by atoms with Gasteiger partial charge < -0.3 is 4.57 Å². The zero-order valence-corrected chi connectivity index (χ0v) is 8.59. The first kappa shape index (κ1) is 7.80. The molecule has 0 atom stereocenters. The van der Waals surface area contributed by atoms with Crippen LogP contribution in [0.1, 0.15) is 5.56 Å². The maximum atomic E-state index is 4.30. The molecule has 0 amide bonds. The molecule has 3 heteroatoms. The number of hydrogen-bond acceptors (Lipinski definition) is 1. The largest absolute Gasteiger partial charge is 0.334 e. The third kappa shape index (κ3) is 1.05. The fourth-order valence-electron chi connectivity index (χ4n) is 1.36. The molecule has 0 aliphatic heterocycles. The zero-order chi connectivity index (χ0) is 8.72.